The predicted molar refractivity (Wildman–Crippen MR) is 111 cm³/mol. The zero-order valence-electron chi connectivity index (χ0n) is 15.8. The predicted octanol–water partition coefficient (Wildman–Crippen LogP) is 2.67. The number of benzene rings is 2. The summed E-state index contributed by atoms with van der Waals surface area (Å²) in [5.74, 6) is -0.949. The fourth-order valence-corrected chi connectivity index (χ4v) is 3.68. The molecule has 1 heterocycles. The molecule has 0 unspecified atom stereocenters. The zero-order valence-corrected chi connectivity index (χ0v) is 16.6. The van der Waals surface area contributed by atoms with Crippen LogP contribution in [-0.4, -0.2) is 36.0 Å². The maximum Gasteiger partial charge on any atom is 0.338 e. The van der Waals surface area contributed by atoms with Crippen LogP contribution in [-0.2, 0) is 16.1 Å². The number of nitrogens with two attached hydrogens (primary N) is 1. The summed E-state index contributed by atoms with van der Waals surface area (Å²) < 4.78 is 6.15. The molecule has 0 fully saturated rings. The first kappa shape index (κ1) is 20.3. The highest BCUT2D eigenvalue weighted by atomic mass is 32.1. The first-order chi connectivity index (χ1) is 14.0. The minimum atomic E-state index is -0.624. The number of thiazole rings is 1. The van der Waals surface area contributed by atoms with Gasteiger partial charge in [-0.05, 0) is 36.8 Å². The Morgan fingerprint density at radius 1 is 1.14 bits per heavy atom. The van der Waals surface area contributed by atoms with Gasteiger partial charge in [0.2, 0.25) is 0 Å². The van der Waals surface area contributed by atoms with Crippen LogP contribution in [0.25, 0.3) is 10.2 Å². The lowest BCUT2D eigenvalue weighted by molar-refractivity contribution is -0.121. The molecule has 3 aromatic rings. The molecule has 0 atom stereocenters. The average Bonchev–Trinajstić information content (AvgIpc) is 3.15. The van der Waals surface area contributed by atoms with Crippen LogP contribution in [0.2, 0.25) is 0 Å². The van der Waals surface area contributed by atoms with E-state index in [0.29, 0.717) is 17.2 Å². The van der Waals surface area contributed by atoms with E-state index in [1.165, 1.54) is 16.2 Å². The number of fused-ring (bicyclic) bond motifs is 1. The fraction of sp³-hybridized carbons (Fsp3) is 0.200. The lowest BCUT2D eigenvalue weighted by atomic mass is 10.1. The van der Waals surface area contributed by atoms with Crippen molar-refractivity contribution in [2.45, 2.75) is 13.5 Å². The molecule has 0 saturated carbocycles. The van der Waals surface area contributed by atoms with Crippen LogP contribution in [0.5, 0.6) is 0 Å². The second-order valence-corrected chi connectivity index (χ2v) is 7.10. The smallest absolute Gasteiger partial charge is 0.338 e. The van der Waals surface area contributed by atoms with Crippen LogP contribution < -0.4 is 16.0 Å². The molecule has 8 nitrogen and oxygen atoms in total. The van der Waals surface area contributed by atoms with Gasteiger partial charge in [-0.15, -0.1) is 0 Å². The number of primary amides is 1. The highest BCUT2D eigenvalue weighted by Crippen LogP contribution is 2.28. The molecule has 3 amide bonds. The SMILES string of the molecule is CCN(C(=O)COC(=O)c1ccc(CNC(N)=O)cc1)c1nc2ccccc2s1. The van der Waals surface area contributed by atoms with E-state index in [9.17, 15) is 14.4 Å². The normalized spacial score (nSPS) is 10.5. The molecule has 3 rings (SSSR count). The molecular formula is C20H20N4O4S. The van der Waals surface area contributed by atoms with Gasteiger partial charge in [0.25, 0.3) is 5.91 Å². The van der Waals surface area contributed by atoms with E-state index in [1.54, 1.807) is 24.3 Å². The van der Waals surface area contributed by atoms with Crippen molar-refractivity contribution in [1.29, 1.82) is 0 Å². The average molecular weight is 412 g/mol. The third-order valence-electron chi connectivity index (χ3n) is 4.11. The molecule has 29 heavy (non-hydrogen) atoms. The van der Waals surface area contributed by atoms with Gasteiger partial charge in [0.15, 0.2) is 11.7 Å². The molecule has 0 saturated heterocycles. The van der Waals surface area contributed by atoms with Crippen LogP contribution in [0.15, 0.2) is 48.5 Å². The van der Waals surface area contributed by atoms with Gasteiger partial charge in [0, 0.05) is 13.1 Å². The molecule has 9 heteroatoms. The third-order valence-corrected chi connectivity index (χ3v) is 5.17. The number of hydrogen-bond acceptors (Lipinski definition) is 6. The third kappa shape index (κ3) is 5.08. The first-order valence-electron chi connectivity index (χ1n) is 8.93. The monoisotopic (exact) mass is 412 g/mol. The number of anilines is 1. The number of hydrogen-bond donors (Lipinski definition) is 2. The van der Waals surface area contributed by atoms with Crippen LogP contribution in [0.4, 0.5) is 9.93 Å². The largest absolute Gasteiger partial charge is 0.452 e. The second kappa shape index (κ2) is 9.16. The van der Waals surface area contributed by atoms with Gasteiger partial charge < -0.3 is 15.8 Å². The Hall–Kier alpha value is -3.46. The van der Waals surface area contributed by atoms with Crippen molar-refractivity contribution in [2.24, 2.45) is 5.73 Å². The Bertz CT molecular complexity index is 999. The van der Waals surface area contributed by atoms with E-state index in [2.05, 4.69) is 10.3 Å². The Morgan fingerprint density at radius 3 is 2.52 bits per heavy atom. The van der Waals surface area contributed by atoms with Crippen molar-refractivity contribution in [2.75, 3.05) is 18.1 Å². The quantitative estimate of drug-likeness (QED) is 0.579. The summed E-state index contributed by atoms with van der Waals surface area (Å²) in [7, 11) is 0. The number of aromatic nitrogens is 1. The minimum absolute atomic E-state index is 0.261. The molecule has 0 bridgehead atoms. The number of para-hydroxylation sites is 1. The number of urea groups is 1. The van der Waals surface area contributed by atoms with E-state index in [1.807, 2.05) is 31.2 Å². The van der Waals surface area contributed by atoms with Crippen LogP contribution in [0.1, 0.15) is 22.8 Å². The Labute approximate surface area is 171 Å². The number of carbonyl (C=O) groups excluding carboxylic acids is 3. The van der Waals surface area contributed by atoms with Gasteiger partial charge >= 0.3 is 12.0 Å². The van der Waals surface area contributed by atoms with Gasteiger partial charge in [-0.25, -0.2) is 14.6 Å². The second-order valence-electron chi connectivity index (χ2n) is 6.09. The number of amides is 3. The number of ether oxygens (including phenoxy) is 1. The number of rotatable bonds is 7. The molecular weight excluding hydrogens is 392 g/mol. The molecule has 0 spiro atoms. The molecule has 3 N–H and O–H groups in total. The van der Waals surface area contributed by atoms with Crippen LogP contribution in [0, 0.1) is 0 Å². The summed E-state index contributed by atoms with van der Waals surface area (Å²) in [6.07, 6.45) is 0. The van der Waals surface area contributed by atoms with Gasteiger partial charge in [-0.2, -0.15) is 0 Å². The number of carbonyl (C=O) groups is 3. The highest BCUT2D eigenvalue weighted by molar-refractivity contribution is 7.22. The van der Waals surface area contributed by atoms with E-state index >= 15 is 0 Å². The molecule has 1 aromatic heterocycles. The van der Waals surface area contributed by atoms with E-state index in [-0.39, 0.29) is 19.1 Å². The fourth-order valence-electron chi connectivity index (χ4n) is 2.63. The standard InChI is InChI=1S/C20H20N4O4S/c1-2-24(20-23-15-5-3-4-6-16(15)29-20)17(25)12-28-18(26)14-9-7-13(8-10-14)11-22-19(21)27/h3-10H,2,11-12H2,1H3,(H3,21,22,27). The molecule has 0 aliphatic carbocycles. The summed E-state index contributed by atoms with van der Waals surface area (Å²) in [6, 6.07) is 13.5. The number of esters is 1. The molecule has 0 aliphatic rings. The summed E-state index contributed by atoms with van der Waals surface area (Å²) in [6.45, 7) is 2.13. The van der Waals surface area contributed by atoms with E-state index in [0.717, 1.165) is 15.8 Å². The van der Waals surface area contributed by atoms with Crippen molar-refractivity contribution in [3.63, 3.8) is 0 Å². The highest BCUT2D eigenvalue weighted by Gasteiger charge is 2.20. The number of nitrogens with one attached hydrogen (secondary N) is 1. The Balaban J connectivity index is 1.59. The van der Waals surface area contributed by atoms with Crippen molar-refractivity contribution in [1.82, 2.24) is 10.3 Å². The summed E-state index contributed by atoms with van der Waals surface area (Å²) in [4.78, 5) is 41.5. The molecule has 150 valence electrons. The number of nitrogens with zero attached hydrogens (tertiary/aromatic N) is 2. The Kier molecular flexibility index (Phi) is 6.40. The van der Waals surface area contributed by atoms with Crippen LogP contribution >= 0.6 is 11.3 Å². The first-order valence-corrected chi connectivity index (χ1v) is 9.75. The summed E-state index contributed by atoms with van der Waals surface area (Å²) >= 11 is 1.41. The van der Waals surface area contributed by atoms with E-state index in [4.69, 9.17) is 10.5 Å². The van der Waals surface area contributed by atoms with Crippen molar-refractivity contribution < 1.29 is 19.1 Å². The maximum atomic E-state index is 12.6. The van der Waals surface area contributed by atoms with Gasteiger partial charge in [-0.1, -0.05) is 35.6 Å². The molecule has 0 aliphatic heterocycles. The van der Waals surface area contributed by atoms with Crippen molar-refractivity contribution >= 4 is 44.6 Å². The lowest BCUT2D eigenvalue weighted by Crippen LogP contribution is -2.34. The molecule has 0 radical (unpaired) electrons. The van der Waals surface area contributed by atoms with E-state index < -0.39 is 12.0 Å². The lowest BCUT2D eigenvalue weighted by Gasteiger charge is -2.17. The number of likely N-dealkylation sites (N-methyl/N-ethyl adjacent to an activating group) is 1. The van der Waals surface area contributed by atoms with Gasteiger partial charge in [-0.3, -0.25) is 9.69 Å². The Morgan fingerprint density at radius 2 is 1.86 bits per heavy atom. The zero-order chi connectivity index (χ0) is 20.8. The van der Waals surface area contributed by atoms with Crippen LogP contribution in [0.3, 0.4) is 0 Å². The topological polar surface area (TPSA) is 115 Å². The molecule has 2 aromatic carbocycles. The van der Waals surface area contributed by atoms with Gasteiger partial charge in [0.1, 0.15) is 0 Å². The summed E-state index contributed by atoms with van der Waals surface area (Å²) in [5, 5.41) is 3.03. The van der Waals surface area contributed by atoms with Gasteiger partial charge in [0.05, 0.1) is 15.8 Å². The minimum Gasteiger partial charge on any atom is -0.452 e. The summed E-state index contributed by atoms with van der Waals surface area (Å²) in [5.41, 5.74) is 6.93. The maximum absolute atomic E-state index is 12.6. The van der Waals surface area contributed by atoms with Crippen molar-refractivity contribution in [3.8, 4) is 0 Å². The van der Waals surface area contributed by atoms with Crippen molar-refractivity contribution in [3.05, 3.63) is 59.7 Å².